The Morgan fingerprint density at radius 2 is 1.55 bits per heavy atom. The first-order valence-corrected chi connectivity index (χ1v) is 11.3. The number of ether oxygens (including phenoxy) is 1. The molecule has 5 rings (SSSR count). The van der Waals surface area contributed by atoms with Crippen molar-refractivity contribution in [3.63, 3.8) is 0 Å². The minimum Gasteiger partial charge on any atom is -0.497 e. The molecule has 33 heavy (non-hydrogen) atoms. The molecule has 7 heteroatoms. The molecule has 4 aromatic rings. The molecule has 2 aromatic heterocycles. The summed E-state index contributed by atoms with van der Waals surface area (Å²) < 4.78 is 5.28. The van der Waals surface area contributed by atoms with Gasteiger partial charge in [0.2, 0.25) is 0 Å². The van der Waals surface area contributed by atoms with Gasteiger partial charge in [0.15, 0.2) is 5.82 Å². The second-order valence-electron chi connectivity index (χ2n) is 7.86. The van der Waals surface area contributed by atoms with Crippen molar-refractivity contribution in [1.82, 2.24) is 15.0 Å². The van der Waals surface area contributed by atoms with Crippen LogP contribution >= 0.6 is 11.6 Å². The molecule has 1 aliphatic heterocycles. The average molecular weight is 458 g/mol. The summed E-state index contributed by atoms with van der Waals surface area (Å²) in [5.41, 5.74) is 3.97. The summed E-state index contributed by atoms with van der Waals surface area (Å²) in [6.45, 7) is 3.56. The predicted octanol–water partition coefficient (Wildman–Crippen LogP) is 5.19. The highest BCUT2D eigenvalue weighted by molar-refractivity contribution is 6.30. The molecule has 6 nitrogen and oxygen atoms in total. The lowest BCUT2D eigenvalue weighted by molar-refractivity contribution is 0.415. The van der Waals surface area contributed by atoms with Gasteiger partial charge in [-0.15, -0.1) is 0 Å². The van der Waals surface area contributed by atoms with E-state index in [1.807, 2.05) is 48.5 Å². The first-order valence-electron chi connectivity index (χ1n) is 10.9. The van der Waals surface area contributed by atoms with Crippen molar-refractivity contribution in [2.75, 3.05) is 43.1 Å². The lowest BCUT2D eigenvalue weighted by Gasteiger charge is -2.37. The third-order valence-electron chi connectivity index (χ3n) is 5.81. The molecule has 3 heterocycles. The predicted molar refractivity (Wildman–Crippen MR) is 133 cm³/mol. The number of aromatic nitrogens is 3. The topological polar surface area (TPSA) is 54.4 Å². The van der Waals surface area contributed by atoms with Crippen LogP contribution in [-0.2, 0) is 0 Å². The number of anilines is 2. The Balaban J connectivity index is 1.42. The third-order valence-corrected chi connectivity index (χ3v) is 6.07. The maximum atomic E-state index is 6.10. The molecule has 1 saturated heterocycles. The van der Waals surface area contributed by atoms with Gasteiger partial charge >= 0.3 is 0 Å². The van der Waals surface area contributed by atoms with E-state index in [9.17, 15) is 0 Å². The summed E-state index contributed by atoms with van der Waals surface area (Å²) in [5, 5.41) is 0.704. The summed E-state index contributed by atoms with van der Waals surface area (Å²) in [6, 6.07) is 21.9. The van der Waals surface area contributed by atoms with Crippen molar-refractivity contribution in [2.24, 2.45) is 0 Å². The van der Waals surface area contributed by atoms with Crippen LogP contribution in [0.15, 0.2) is 79.1 Å². The minimum absolute atomic E-state index is 0.670. The largest absolute Gasteiger partial charge is 0.497 e. The Labute approximate surface area is 198 Å². The van der Waals surface area contributed by atoms with E-state index in [-0.39, 0.29) is 0 Å². The number of halogens is 1. The second-order valence-corrected chi connectivity index (χ2v) is 8.29. The van der Waals surface area contributed by atoms with E-state index < -0.39 is 0 Å². The molecular weight excluding hydrogens is 434 g/mol. The number of benzene rings is 2. The normalized spacial score (nSPS) is 13.8. The zero-order valence-electron chi connectivity index (χ0n) is 18.4. The molecule has 0 amide bonds. The van der Waals surface area contributed by atoms with Gasteiger partial charge in [-0.25, -0.2) is 9.97 Å². The van der Waals surface area contributed by atoms with E-state index in [1.165, 1.54) is 5.69 Å². The monoisotopic (exact) mass is 457 g/mol. The SMILES string of the molecule is COc1ccc(N2CCN(c3cc(-c4ccc(Cl)cc4)nc(-c4cccnc4)n3)CC2)cc1. The summed E-state index contributed by atoms with van der Waals surface area (Å²) in [7, 11) is 1.69. The summed E-state index contributed by atoms with van der Waals surface area (Å²) in [6.07, 6.45) is 3.55. The Kier molecular flexibility index (Phi) is 6.09. The van der Waals surface area contributed by atoms with Gasteiger partial charge in [0.1, 0.15) is 11.6 Å². The zero-order valence-corrected chi connectivity index (χ0v) is 19.1. The van der Waals surface area contributed by atoms with E-state index in [0.717, 1.165) is 54.6 Å². The first kappa shape index (κ1) is 21.2. The molecule has 0 N–H and O–H groups in total. The number of rotatable bonds is 5. The first-order chi connectivity index (χ1) is 16.2. The van der Waals surface area contributed by atoms with Gasteiger partial charge in [0, 0.05) is 66.5 Å². The summed E-state index contributed by atoms with van der Waals surface area (Å²) in [5.74, 6) is 2.46. The van der Waals surface area contributed by atoms with Crippen LogP contribution in [0.4, 0.5) is 11.5 Å². The lowest BCUT2D eigenvalue weighted by atomic mass is 10.1. The standard InChI is InChI=1S/C26H24ClN5O/c1-33-23-10-8-22(9-11-23)31-13-15-32(16-14-31)25-17-24(19-4-6-21(27)7-5-19)29-26(30-25)20-3-2-12-28-18-20/h2-12,17-18H,13-16H2,1H3. The molecule has 1 aliphatic rings. The molecule has 166 valence electrons. The maximum absolute atomic E-state index is 6.10. The number of methoxy groups -OCH3 is 1. The molecule has 2 aromatic carbocycles. The van der Waals surface area contributed by atoms with Crippen molar-refractivity contribution in [3.05, 3.63) is 84.1 Å². The van der Waals surface area contributed by atoms with E-state index in [4.69, 9.17) is 26.3 Å². The highest BCUT2D eigenvalue weighted by Crippen LogP contribution is 2.28. The van der Waals surface area contributed by atoms with Crippen LogP contribution in [0.3, 0.4) is 0 Å². The highest BCUT2D eigenvalue weighted by Gasteiger charge is 2.20. The van der Waals surface area contributed by atoms with Crippen molar-refractivity contribution in [3.8, 4) is 28.4 Å². The van der Waals surface area contributed by atoms with Crippen LogP contribution in [0.5, 0.6) is 5.75 Å². The molecule has 0 bridgehead atoms. The zero-order chi connectivity index (χ0) is 22.6. The van der Waals surface area contributed by atoms with Gasteiger partial charge in [-0.1, -0.05) is 23.7 Å². The van der Waals surface area contributed by atoms with Crippen LogP contribution in [0.2, 0.25) is 5.02 Å². The van der Waals surface area contributed by atoms with Gasteiger partial charge in [0.25, 0.3) is 0 Å². The van der Waals surface area contributed by atoms with Gasteiger partial charge in [0.05, 0.1) is 12.8 Å². The fourth-order valence-electron chi connectivity index (χ4n) is 3.98. The second kappa shape index (κ2) is 9.46. The third kappa shape index (κ3) is 4.76. The quantitative estimate of drug-likeness (QED) is 0.411. The van der Waals surface area contributed by atoms with Gasteiger partial charge in [-0.2, -0.15) is 0 Å². The molecule has 0 aliphatic carbocycles. The van der Waals surface area contributed by atoms with Crippen LogP contribution in [0.1, 0.15) is 0 Å². The Morgan fingerprint density at radius 3 is 2.21 bits per heavy atom. The number of piperazine rings is 1. The van der Waals surface area contributed by atoms with Crippen molar-refractivity contribution in [1.29, 1.82) is 0 Å². The van der Waals surface area contributed by atoms with E-state index in [2.05, 4.69) is 33.0 Å². The molecule has 0 unspecified atom stereocenters. The smallest absolute Gasteiger partial charge is 0.163 e. The number of hydrogen-bond acceptors (Lipinski definition) is 6. The van der Waals surface area contributed by atoms with E-state index in [1.54, 1.807) is 19.5 Å². The fourth-order valence-corrected chi connectivity index (χ4v) is 4.10. The van der Waals surface area contributed by atoms with Crippen LogP contribution in [0.25, 0.3) is 22.6 Å². The van der Waals surface area contributed by atoms with Crippen LogP contribution in [-0.4, -0.2) is 48.2 Å². The van der Waals surface area contributed by atoms with Gasteiger partial charge in [-0.05, 0) is 48.5 Å². The minimum atomic E-state index is 0.670. The van der Waals surface area contributed by atoms with Crippen molar-refractivity contribution >= 4 is 23.1 Å². The molecule has 0 spiro atoms. The fraction of sp³-hybridized carbons (Fsp3) is 0.192. The van der Waals surface area contributed by atoms with Crippen LogP contribution in [0, 0.1) is 0 Å². The average Bonchev–Trinajstić information content (AvgIpc) is 2.89. The Hall–Kier alpha value is -3.64. The van der Waals surface area contributed by atoms with E-state index in [0.29, 0.717) is 10.8 Å². The molecule has 1 fully saturated rings. The molecular formula is C26H24ClN5O. The van der Waals surface area contributed by atoms with E-state index >= 15 is 0 Å². The van der Waals surface area contributed by atoms with Gasteiger partial charge < -0.3 is 14.5 Å². The van der Waals surface area contributed by atoms with Crippen molar-refractivity contribution in [2.45, 2.75) is 0 Å². The Bertz CT molecular complexity index is 1210. The summed E-state index contributed by atoms with van der Waals surface area (Å²) >= 11 is 6.10. The molecule has 0 radical (unpaired) electrons. The molecule has 0 atom stereocenters. The Morgan fingerprint density at radius 1 is 0.818 bits per heavy atom. The lowest BCUT2D eigenvalue weighted by Crippen LogP contribution is -2.46. The van der Waals surface area contributed by atoms with Gasteiger partial charge in [-0.3, -0.25) is 4.98 Å². The maximum Gasteiger partial charge on any atom is 0.163 e. The van der Waals surface area contributed by atoms with Crippen molar-refractivity contribution < 1.29 is 4.74 Å². The number of hydrogen-bond donors (Lipinski definition) is 0. The molecule has 0 saturated carbocycles. The summed E-state index contributed by atoms with van der Waals surface area (Å²) in [4.78, 5) is 18.7. The number of nitrogens with zero attached hydrogens (tertiary/aromatic N) is 5. The highest BCUT2D eigenvalue weighted by atomic mass is 35.5. The van der Waals surface area contributed by atoms with Crippen LogP contribution < -0.4 is 14.5 Å². The number of pyridine rings is 1.